The Kier molecular flexibility index (Phi) is 5.29. The first-order valence-corrected chi connectivity index (χ1v) is 6.85. The molecule has 0 fully saturated rings. The van der Waals surface area contributed by atoms with Crippen LogP contribution in [0, 0.1) is 19.8 Å². The molecule has 0 aliphatic rings. The van der Waals surface area contributed by atoms with Crippen molar-refractivity contribution >= 4 is 28.5 Å². The number of rotatable bonds is 5. The predicted octanol–water partition coefficient (Wildman–Crippen LogP) is 2.38. The van der Waals surface area contributed by atoms with Gasteiger partial charge in [-0.25, -0.2) is 14.6 Å². The van der Waals surface area contributed by atoms with Crippen molar-refractivity contribution in [2.75, 3.05) is 5.32 Å². The van der Waals surface area contributed by atoms with Crippen LogP contribution in [0.5, 0.6) is 0 Å². The Hall–Kier alpha value is -1.63. The lowest BCUT2D eigenvalue weighted by molar-refractivity contribution is -0.139. The van der Waals surface area contributed by atoms with Gasteiger partial charge < -0.3 is 10.4 Å². The van der Waals surface area contributed by atoms with Gasteiger partial charge in [-0.3, -0.25) is 5.32 Å². The van der Waals surface area contributed by atoms with Crippen molar-refractivity contribution in [3.63, 3.8) is 0 Å². The number of hydrogen-bond acceptors (Lipinski definition) is 4. The van der Waals surface area contributed by atoms with Crippen molar-refractivity contribution in [1.29, 1.82) is 0 Å². The number of aryl methyl sites for hydroxylation is 2. The number of nitrogens with one attached hydrogen (secondary N) is 2. The molecule has 0 saturated heterocycles. The van der Waals surface area contributed by atoms with Crippen molar-refractivity contribution in [3.8, 4) is 0 Å². The molecule has 0 aliphatic carbocycles. The van der Waals surface area contributed by atoms with Crippen LogP contribution in [0.15, 0.2) is 0 Å². The number of anilines is 1. The maximum absolute atomic E-state index is 11.7. The number of thiazole rings is 1. The maximum atomic E-state index is 11.7. The lowest BCUT2D eigenvalue weighted by Crippen LogP contribution is -2.43. The minimum Gasteiger partial charge on any atom is -0.480 e. The fraction of sp³-hybridized carbons (Fsp3) is 0.583. The highest BCUT2D eigenvalue weighted by atomic mass is 32.1. The molecular weight excluding hydrogens is 266 g/mol. The summed E-state index contributed by atoms with van der Waals surface area (Å²) in [6, 6.07) is -1.43. The summed E-state index contributed by atoms with van der Waals surface area (Å²) in [4.78, 5) is 27.9. The molecular formula is C12H19N3O3S. The van der Waals surface area contributed by atoms with E-state index in [1.165, 1.54) is 11.3 Å². The first-order chi connectivity index (χ1) is 8.79. The summed E-state index contributed by atoms with van der Waals surface area (Å²) in [5.41, 5.74) is 0.859. The van der Waals surface area contributed by atoms with Crippen molar-refractivity contribution in [2.24, 2.45) is 5.92 Å². The van der Waals surface area contributed by atoms with Crippen LogP contribution in [0.25, 0.3) is 0 Å². The van der Waals surface area contributed by atoms with Crippen molar-refractivity contribution < 1.29 is 14.7 Å². The fourth-order valence-electron chi connectivity index (χ4n) is 1.51. The number of urea groups is 1. The van der Waals surface area contributed by atoms with Gasteiger partial charge in [-0.05, 0) is 26.2 Å². The lowest BCUT2D eigenvalue weighted by Gasteiger charge is -2.16. The van der Waals surface area contributed by atoms with Gasteiger partial charge in [-0.2, -0.15) is 0 Å². The molecule has 1 aromatic rings. The van der Waals surface area contributed by atoms with Crippen LogP contribution >= 0.6 is 11.3 Å². The van der Waals surface area contributed by atoms with E-state index in [0.717, 1.165) is 10.6 Å². The number of nitrogens with zero attached hydrogens (tertiary/aromatic N) is 1. The number of amides is 2. The monoisotopic (exact) mass is 285 g/mol. The van der Waals surface area contributed by atoms with Crippen molar-refractivity contribution in [3.05, 3.63) is 10.6 Å². The Bertz CT molecular complexity index is 451. The van der Waals surface area contributed by atoms with Crippen LogP contribution in [0.4, 0.5) is 9.93 Å². The third-order valence-electron chi connectivity index (χ3n) is 2.56. The highest BCUT2D eigenvalue weighted by Gasteiger charge is 2.21. The number of carbonyl (C=O) groups is 2. The zero-order valence-corrected chi connectivity index (χ0v) is 12.3. The Labute approximate surface area is 116 Å². The molecule has 3 N–H and O–H groups in total. The average Bonchev–Trinajstić information content (AvgIpc) is 2.55. The van der Waals surface area contributed by atoms with Gasteiger partial charge in [-0.1, -0.05) is 13.8 Å². The van der Waals surface area contributed by atoms with Gasteiger partial charge in [0.25, 0.3) is 0 Å². The molecule has 0 aliphatic heterocycles. The quantitative estimate of drug-likeness (QED) is 0.774. The van der Waals surface area contributed by atoms with E-state index in [4.69, 9.17) is 5.11 Å². The van der Waals surface area contributed by atoms with Gasteiger partial charge in [0, 0.05) is 4.88 Å². The van der Waals surface area contributed by atoms with Crippen LogP contribution in [-0.4, -0.2) is 28.1 Å². The Balaban J connectivity index is 2.60. The summed E-state index contributed by atoms with van der Waals surface area (Å²) in [7, 11) is 0. The molecule has 1 unspecified atom stereocenters. The summed E-state index contributed by atoms with van der Waals surface area (Å²) in [6.07, 6.45) is 0.388. The topological polar surface area (TPSA) is 91.3 Å². The molecule has 7 heteroatoms. The van der Waals surface area contributed by atoms with E-state index >= 15 is 0 Å². The molecule has 6 nitrogen and oxygen atoms in total. The number of carboxylic acids is 1. The normalized spacial score (nSPS) is 12.3. The second kappa shape index (κ2) is 6.51. The Morgan fingerprint density at radius 1 is 1.37 bits per heavy atom. The summed E-state index contributed by atoms with van der Waals surface area (Å²) < 4.78 is 0. The summed E-state index contributed by atoms with van der Waals surface area (Å²) >= 11 is 1.36. The standard InChI is InChI=1S/C12H19N3O3S/c1-6(2)5-9(10(16)17)14-11(18)15-12-13-7(3)8(4)19-12/h6,9H,5H2,1-4H3,(H,16,17)(H2,13,14,15,18). The molecule has 1 rings (SSSR count). The van der Waals surface area contributed by atoms with E-state index in [9.17, 15) is 9.59 Å². The number of aliphatic carboxylic acids is 1. The van der Waals surface area contributed by atoms with E-state index < -0.39 is 18.0 Å². The van der Waals surface area contributed by atoms with Crippen LogP contribution in [0.1, 0.15) is 30.8 Å². The van der Waals surface area contributed by atoms with Gasteiger partial charge in [0.2, 0.25) is 0 Å². The van der Waals surface area contributed by atoms with E-state index in [2.05, 4.69) is 15.6 Å². The molecule has 1 aromatic heterocycles. The third-order valence-corrected chi connectivity index (χ3v) is 3.55. The highest BCUT2D eigenvalue weighted by molar-refractivity contribution is 7.15. The van der Waals surface area contributed by atoms with Gasteiger partial charge >= 0.3 is 12.0 Å². The zero-order chi connectivity index (χ0) is 14.6. The first-order valence-electron chi connectivity index (χ1n) is 6.04. The van der Waals surface area contributed by atoms with Crippen LogP contribution in [0.2, 0.25) is 0 Å². The molecule has 1 atom stereocenters. The van der Waals surface area contributed by atoms with E-state index in [-0.39, 0.29) is 5.92 Å². The molecule has 0 spiro atoms. The number of carbonyl (C=O) groups excluding carboxylic acids is 1. The molecule has 0 bridgehead atoms. The summed E-state index contributed by atoms with van der Waals surface area (Å²) in [5.74, 6) is -0.846. The smallest absolute Gasteiger partial charge is 0.326 e. The minimum atomic E-state index is -1.03. The Morgan fingerprint density at radius 3 is 2.42 bits per heavy atom. The van der Waals surface area contributed by atoms with Crippen molar-refractivity contribution in [1.82, 2.24) is 10.3 Å². The fourth-order valence-corrected chi connectivity index (χ4v) is 2.32. The Morgan fingerprint density at radius 2 is 2.00 bits per heavy atom. The largest absolute Gasteiger partial charge is 0.480 e. The van der Waals surface area contributed by atoms with E-state index in [0.29, 0.717) is 11.6 Å². The molecule has 1 heterocycles. The second-order valence-corrected chi connectivity index (χ2v) is 5.98. The minimum absolute atomic E-state index is 0.186. The van der Waals surface area contributed by atoms with Gasteiger partial charge in [0.1, 0.15) is 6.04 Å². The van der Waals surface area contributed by atoms with E-state index in [1.807, 2.05) is 27.7 Å². The SMILES string of the molecule is Cc1nc(NC(=O)NC(CC(C)C)C(=O)O)sc1C. The van der Waals surface area contributed by atoms with Crippen LogP contribution < -0.4 is 10.6 Å². The molecule has 106 valence electrons. The van der Waals surface area contributed by atoms with Gasteiger partial charge in [-0.15, -0.1) is 11.3 Å². The van der Waals surface area contributed by atoms with Gasteiger partial charge in [0.05, 0.1) is 5.69 Å². The number of aromatic nitrogens is 1. The third kappa shape index (κ3) is 4.86. The summed E-state index contributed by atoms with van der Waals surface area (Å²) in [5, 5.41) is 14.5. The zero-order valence-electron chi connectivity index (χ0n) is 11.5. The maximum Gasteiger partial charge on any atom is 0.326 e. The highest BCUT2D eigenvalue weighted by Crippen LogP contribution is 2.20. The molecule has 2 amide bonds. The molecule has 19 heavy (non-hydrogen) atoms. The predicted molar refractivity (Wildman–Crippen MR) is 74.6 cm³/mol. The van der Waals surface area contributed by atoms with Gasteiger partial charge in [0.15, 0.2) is 5.13 Å². The summed E-state index contributed by atoms with van der Waals surface area (Å²) in [6.45, 7) is 7.58. The average molecular weight is 285 g/mol. The molecule has 0 radical (unpaired) electrons. The number of hydrogen-bond donors (Lipinski definition) is 3. The lowest BCUT2D eigenvalue weighted by atomic mass is 10.0. The molecule has 0 saturated carbocycles. The van der Waals surface area contributed by atoms with Crippen LogP contribution in [-0.2, 0) is 4.79 Å². The number of carboxylic acid groups (broad SMARTS) is 1. The molecule has 0 aromatic carbocycles. The first kappa shape index (κ1) is 15.4. The van der Waals surface area contributed by atoms with Crippen LogP contribution in [0.3, 0.4) is 0 Å². The second-order valence-electron chi connectivity index (χ2n) is 4.78. The van der Waals surface area contributed by atoms with Crippen molar-refractivity contribution in [2.45, 2.75) is 40.2 Å². The van der Waals surface area contributed by atoms with E-state index in [1.54, 1.807) is 0 Å².